The Bertz CT molecular complexity index is 1040. The Kier molecular flexibility index (Phi) is 12.5. The number of rotatable bonds is 12. The van der Waals surface area contributed by atoms with Crippen LogP contribution in [0.25, 0.3) is 11.0 Å². The molecular formula is C23H34Cl2N4O4. The summed E-state index contributed by atoms with van der Waals surface area (Å²) in [6, 6.07) is 13.3. The summed E-state index contributed by atoms with van der Waals surface area (Å²) in [6.45, 7) is 3.50. The van der Waals surface area contributed by atoms with Crippen LogP contribution in [0.1, 0.15) is 23.7 Å². The van der Waals surface area contributed by atoms with Crippen LogP contribution in [0.5, 0.6) is 5.75 Å². The van der Waals surface area contributed by atoms with Gasteiger partial charge >= 0.3 is 5.69 Å². The summed E-state index contributed by atoms with van der Waals surface area (Å²) in [7, 11) is 3.46. The molecular weight excluding hydrogens is 467 g/mol. The van der Waals surface area contributed by atoms with E-state index in [1.807, 2.05) is 42.5 Å². The van der Waals surface area contributed by atoms with Gasteiger partial charge in [-0.3, -0.25) is 9.13 Å². The number of aryl methyl sites for hydroxylation is 2. The van der Waals surface area contributed by atoms with Crippen molar-refractivity contribution in [2.45, 2.75) is 19.1 Å². The number of nitrogens with zero attached hydrogens (tertiary/aromatic N) is 2. The highest BCUT2D eigenvalue weighted by molar-refractivity contribution is 5.85. The van der Waals surface area contributed by atoms with Gasteiger partial charge in [0.15, 0.2) is 0 Å². The second-order valence-corrected chi connectivity index (χ2v) is 7.62. The zero-order chi connectivity index (χ0) is 22.2. The maximum absolute atomic E-state index is 12.1. The third kappa shape index (κ3) is 7.74. The van der Waals surface area contributed by atoms with E-state index in [0.29, 0.717) is 17.9 Å². The van der Waals surface area contributed by atoms with Crippen molar-refractivity contribution in [1.29, 1.82) is 0 Å². The summed E-state index contributed by atoms with van der Waals surface area (Å²) in [4.78, 5) is 12.1. The zero-order valence-electron chi connectivity index (χ0n) is 19.0. The fourth-order valence-electron chi connectivity index (χ4n) is 3.48. The van der Waals surface area contributed by atoms with Crippen LogP contribution in [-0.4, -0.2) is 52.2 Å². The Labute approximate surface area is 206 Å². The molecule has 0 aliphatic rings. The lowest BCUT2D eigenvalue weighted by molar-refractivity contribution is 0.108. The molecule has 0 fully saturated rings. The van der Waals surface area contributed by atoms with Crippen molar-refractivity contribution in [3.63, 3.8) is 0 Å². The minimum Gasteiger partial charge on any atom is -0.491 e. The van der Waals surface area contributed by atoms with E-state index >= 15 is 0 Å². The molecule has 33 heavy (non-hydrogen) atoms. The number of ether oxygens (including phenoxy) is 1. The lowest BCUT2D eigenvalue weighted by Crippen LogP contribution is -2.23. The lowest BCUT2D eigenvalue weighted by Gasteiger charge is -2.14. The fourth-order valence-corrected chi connectivity index (χ4v) is 3.48. The molecule has 3 rings (SSSR count). The first-order valence-electron chi connectivity index (χ1n) is 10.6. The molecule has 1 unspecified atom stereocenters. The quantitative estimate of drug-likeness (QED) is 0.283. The molecule has 8 nitrogen and oxygen atoms in total. The Morgan fingerprint density at radius 2 is 1.61 bits per heavy atom. The maximum atomic E-state index is 12.1. The van der Waals surface area contributed by atoms with Gasteiger partial charge < -0.3 is 25.6 Å². The highest BCUT2D eigenvalue weighted by Gasteiger charge is 2.13. The average Bonchev–Trinajstić information content (AvgIpc) is 3.01. The molecule has 0 bridgehead atoms. The number of benzene rings is 2. The van der Waals surface area contributed by atoms with Crippen LogP contribution in [0.15, 0.2) is 47.3 Å². The van der Waals surface area contributed by atoms with Crippen molar-refractivity contribution in [3.8, 4) is 5.75 Å². The number of fused-ring (bicyclic) bond motifs is 1. The summed E-state index contributed by atoms with van der Waals surface area (Å²) < 4.78 is 8.92. The molecule has 0 spiro atoms. The van der Waals surface area contributed by atoms with E-state index in [2.05, 4.69) is 10.6 Å². The Morgan fingerprint density at radius 3 is 2.30 bits per heavy atom. The van der Waals surface area contributed by atoms with Gasteiger partial charge in [-0.25, -0.2) is 4.79 Å². The van der Waals surface area contributed by atoms with Crippen LogP contribution in [0, 0.1) is 0 Å². The van der Waals surface area contributed by atoms with Crippen LogP contribution in [0.2, 0.25) is 0 Å². The predicted octanol–water partition coefficient (Wildman–Crippen LogP) is 1.89. The molecule has 2 aromatic carbocycles. The van der Waals surface area contributed by atoms with Crippen molar-refractivity contribution in [2.24, 2.45) is 14.1 Å². The van der Waals surface area contributed by atoms with Gasteiger partial charge in [0.2, 0.25) is 0 Å². The average molecular weight is 501 g/mol. The van der Waals surface area contributed by atoms with Crippen LogP contribution in [-0.2, 0) is 20.6 Å². The maximum Gasteiger partial charge on any atom is 0.328 e. The van der Waals surface area contributed by atoms with Gasteiger partial charge in [-0.05, 0) is 54.9 Å². The summed E-state index contributed by atoms with van der Waals surface area (Å²) in [6.07, 6.45) is 0.211. The molecule has 1 atom stereocenters. The van der Waals surface area contributed by atoms with E-state index in [1.165, 1.54) is 0 Å². The van der Waals surface area contributed by atoms with Crippen LogP contribution < -0.4 is 21.1 Å². The summed E-state index contributed by atoms with van der Waals surface area (Å²) in [5, 5.41) is 25.8. The Balaban J connectivity index is 0.00000272. The van der Waals surface area contributed by atoms with E-state index < -0.39 is 6.10 Å². The Hall–Kier alpha value is -2.07. The first-order valence-corrected chi connectivity index (χ1v) is 10.6. The molecule has 4 N–H and O–H groups in total. The molecule has 0 saturated heterocycles. The monoisotopic (exact) mass is 500 g/mol. The minimum absolute atomic E-state index is 0. The van der Waals surface area contributed by atoms with Gasteiger partial charge in [-0.1, -0.05) is 18.2 Å². The predicted molar refractivity (Wildman–Crippen MR) is 136 cm³/mol. The molecule has 0 aliphatic heterocycles. The minimum atomic E-state index is -0.791. The van der Waals surface area contributed by atoms with Crippen LogP contribution >= 0.6 is 24.8 Å². The standard InChI is InChI=1S/C23H32N4O4.2ClH/c1-26-20-9-6-18(14-21(20)27(2)23(26)30)22(29)16-31-19-7-4-17(5-8-19)15-25-11-3-10-24-12-13-28;;/h4-9,14,22,24-25,28-29H,3,10-13,15-16H2,1-2H3;2*1H. The Morgan fingerprint density at radius 1 is 0.939 bits per heavy atom. The number of aliphatic hydroxyl groups excluding tert-OH is 2. The van der Waals surface area contributed by atoms with E-state index in [-0.39, 0.29) is 43.7 Å². The second kappa shape index (κ2) is 14.2. The number of halogens is 2. The molecule has 0 radical (unpaired) electrons. The van der Waals surface area contributed by atoms with E-state index in [4.69, 9.17) is 9.84 Å². The molecule has 0 saturated carbocycles. The largest absolute Gasteiger partial charge is 0.491 e. The number of nitrogens with one attached hydrogen (secondary N) is 2. The SMILES string of the molecule is Cl.Cl.Cn1c(=O)n(C)c2cc(C(O)COc3ccc(CNCCCNCCO)cc3)ccc21. The smallest absolute Gasteiger partial charge is 0.328 e. The zero-order valence-corrected chi connectivity index (χ0v) is 20.6. The molecule has 10 heteroatoms. The highest BCUT2D eigenvalue weighted by Crippen LogP contribution is 2.21. The van der Waals surface area contributed by atoms with Gasteiger partial charge in [0.1, 0.15) is 18.5 Å². The van der Waals surface area contributed by atoms with Gasteiger partial charge in [-0.15, -0.1) is 24.8 Å². The third-order valence-electron chi connectivity index (χ3n) is 5.34. The van der Waals surface area contributed by atoms with Crippen molar-refractivity contribution < 1.29 is 14.9 Å². The summed E-state index contributed by atoms with van der Waals surface area (Å²) in [5.41, 5.74) is 3.39. The van der Waals surface area contributed by atoms with Crippen molar-refractivity contribution >= 4 is 35.8 Å². The highest BCUT2D eigenvalue weighted by atomic mass is 35.5. The number of aromatic nitrogens is 2. The van der Waals surface area contributed by atoms with Gasteiger partial charge in [-0.2, -0.15) is 0 Å². The molecule has 0 aliphatic carbocycles. The normalized spacial score (nSPS) is 11.6. The van der Waals surface area contributed by atoms with Gasteiger partial charge in [0, 0.05) is 27.2 Å². The third-order valence-corrected chi connectivity index (χ3v) is 5.34. The summed E-state index contributed by atoms with van der Waals surface area (Å²) >= 11 is 0. The number of aliphatic hydroxyl groups is 2. The molecule has 0 amide bonds. The molecule has 1 aromatic heterocycles. The van der Waals surface area contributed by atoms with Crippen LogP contribution in [0.4, 0.5) is 0 Å². The number of hydrogen-bond acceptors (Lipinski definition) is 6. The van der Waals surface area contributed by atoms with Crippen molar-refractivity contribution in [3.05, 3.63) is 64.1 Å². The van der Waals surface area contributed by atoms with E-state index in [1.54, 1.807) is 23.2 Å². The first kappa shape index (κ1) is 29.0. The van der Waals surface area contributed by atoms with Crippen LogP contribution in [0.3, 0.4) is 0 Å². The first-order chi connectivity index (χ1) is 15.0. The molecule has 3 aromatic rings. The number of hydrogen-bond donors (Lipinski definition) is 4. The second-order valence-electron chi connectivity index (χ2n) is 7.62. The fraction of sp³-hybridized carbons (Fsp3) is 0.435. The van der Waals surface area contributed by atoms with E-state index in [9.17, 15) is 9.90 Å². The summed E-state index contributed by atoms with van der Waals surface area (Å²) in [5.74, 6) is 0.698. The van der Waals surface area contributed by atoms with Crippen molar-refractivity contribution in [2.75, 3.05) is 32.8 Å². The van der Waals surface area contributed by atoms with Gasteiger partial charge in [0.05, 0.1) is 17.6 Å². The molecule has 1 heterocycles. The molecule has 184 valence electrons. The van der Waals surface area contributed by atoms with Gasteiger partial charge in [0.25, 0.3) is 0 Å². The van der Waals surface area contributed by atoms with E-state index in [0.717, 1.165) is 42.7 Å². The number of imidazole rings is 1. The lowest BCUT2D eigenvalue weighted by atomic mass is 10.1. The topological polar surface area (TPSA) is 101 Å². The van der Waals surface area contributed by atoms with Crippen molar-refractivity contribution in [1.82, 2.24) is 19.8 Å².